The van der Waals surface area contributed by atoms with E-state index in [-0.39, 0.29) is 10.8 Å². The van der Waals surface area contributed by atoms with Gasteiger partial charge in [-0.05, 0) is 73.0 Å². The van der Waals surface area contributed by atoms with E-state index in [1.807, 2.05) is 41.1 Å². The Kier molecular flexibility index (Phi) is 6.05. The summed E-state index contributed by atoms with van der Waals surface area (Å²) in [6.07, 6.45) is 7.98. The average Bonchev–Trinajstić information content (AvgIpc) is 3.48. The molecule has 0 saturated heterocycles. The Bertz CT molecular complexity index is 1180. The topological polar surface area (TPSA) is 31.2 Å². The van der Waals surface area contributed by atoms with Crippen LogP contribution >= 0.6 is 34.8 Å². The van der Waals surface area contributed by atoms with E-state index in [1.54, 1.807) is 37.4 Å². The van der Waals surface area contributed by atoms with Crippen molar-refractivity contribution in [2.75, 3.05) is 7.11 Å². The third kappa shape index (κ3) is 4.20. The SMILES string of the molecule is COC(/C=C/c1cccn1-c1ccc(Cl)cc1C(=O)c1cccc(Cl)c1Cl)=C1CC1. The second-order valence-electron chi connectivity index (χ2n) is 6.90. The lowest BCUT2D eigenvalue weighted by Gasteiger charge is -2.14. The van der Waals surface area contributed by atoms with E-state index in [1.165, 1.54) is 5.57 Å². The van der Waals surface area contributed by atoms with Gasteiger partial charge in [0.05, 0.1) is 22.8 Å². The Balaban J connectivity index is 1.78. The lowest BCUT2D eigenvalue weighted by Crippen LogP contribution is -2.09. The highest BCUT2D eigenvalue weighted by Gasteiger charge is 2.20. The smallest absolute Gasteiger partial charge is 0.196 e. The first-order valence-electron chi connectivity index (χ1n) is 9.39. The molecule has 0 spiro atoms. The molecular weight excluding hydrogens is 441 g/mol. The van der Waals surface area contributed by atoms with E-state index in [9.17, 15) is 4.79 Å². The van der Waals surface area contributed by atoms with Gasteiger partial charge in [0.1, 0.15) is 5.76 Å². The number of ketones is 1. The summed E-state index contributed by atoms with van der Waals surface area (Å²) in [7, 11) is 1.68. The molecule has 1 aliphatic carbocycles. The van der Waals surface area contributed by atoms with Gasteiger partial charge in [-0.1, -0.05) is 40.9 Å². The van der Waals surface area contributed by atoms with E-state index in [2.05, 4.69) is 0 Å². The summed E-state index contributed by atoms with van der Waals surface area (Å²) in [6.45, 7) is 0. The highest BCUT2D eigenvalue weighted by Crippen LogP contribution is 2.33. The third-order valence-corrected chi connectivity index (χ3v) is 5.97. The van der Waals surface area contributed by atoms with E-state index in [0.29, 0.717) is 26.9 Å². The summed E-state index contributed by atoms with van der Waals surface area (Å²) < 4.78 is 7.40. The van der Waals surface area contributed by atoms with Crippen molar-refractivity contribution in [1.82, 2.24) is 4.57 Å². The van der Waals surface area contributed by atoms with E-state index >= 15 is 0 Å². The summed E-state index contributed by atoms with van der Waals surface area (Å²) in [5.41, 5.74) is 3.68. The molecule has 3 nitrogen and oxygen atoms in total. The maximum atomic E-state index is 13.3. The van der Waals surface area contributed by atoms with Gasteiger partial charge in [0.25, 0.3) is 0 Å². The van der Waals surface area contributed by atoms with Crippen molar-refractivity contribution in [1.29, 1.82) is 0 Å². The fraction of sp³-hybridized carbons (Fsp3) is 0.125. The molecule has 0 amide bonds. The molecule has 0 bridgehead atoms. The van der Waals surface area contributed by atoms with Gasteiger partial charge in [0.15, 0.2) is 5.78 Å². The maximum absolute atomic E-state index is 13.3. The standard InChI is InChI=1S/C24H18Cl3NO2/c1-30-22(15-7-8-15)12-10-17-4-3-13-28(17)21-11-9-16(25)14-19(21)24(29)18-5-2-6-20(26)23(18)27/h2-6,9-14H,7-8H2,1H3/b12-10+. The largest absolute Gasteiger partial charge is 0.497 e. The first-order chi connectivity index (χ1) is 14.5. The fourth-order valence-corrected chi connectivity index (χ4v) is 3.83. The zero-order chi connectivity index (χ0) is 21.3. The first kappa shape index (κ1) is 20.8. The molecule has 4 rings (SSSR count). The maximum Gasteiger partial charge on any atom is 0.196 e. The number of allylic oxidation sites excluding steroid dienone is 2. The number of carbonyl (C=O) groups excluding carboxylic acids is 1. The molecule has 1 saturated carbocycles. The van der Waals surface area contributed by atoms with Crippen molar-refractivity contribution >= 4 is 46.7 Å². The number of rotatable bonds is 6. The quantitative estimate of drug-likeness (QED) is 0.285. The molecule has 0 aliphatic heterocycles. The Morgan fingerprint density at radius 3 is 2.57 bits per heavy atom. The summed E-state index contributed by atoms with van der Waals surface area (Å²) in [4.78, 5) is 13.3. The Morgan fingerprint density at radius 1 is 1.03 bits per heavy atom. The third-order valence-electron chi connectivity index (χ3n) is 4.91. The van der Waals surface area contributed by atoms with Crippen LogP contribution < -0.4 is 0 Å². The predicted molar refractivity (Wildman–Crippen MR) is 123 cm³/mol. The lowest BCUT2D eigenvalue weighted by atomic mass is 10.0. The van der Waals surface area contributed by atoms with Crippen LogP contribution in [0.1, 0.15) is 34.5 Å². The molecule has 0 unspecified atom stereocenters. The minimum atomic E-state index is -0.249. The minimum Gasteiger partial charge on any atom is -0.497 e. The fourth-order valence-electron chi connectivity index (χ4n) is 3.27. The van der Waals surface area contributed by atoms with Crippen molar-refractivity contribution in [2.24, 2.45) is 0 Å². The van der Waals surface area contributed by atoms with Crippen LogP contribution in [0.4, 0.5) is 0 Å². The minimum absolute atomic E-state index is 0.225. The van der Waals surface area contributed by atoms with Gasteiger partial charge in [-0.15, -0.1) is 0 Å². The second kappa shape index (κ2) is 8.73. The van der Waals surface area contributed by atoms with Crippen molar-refractivity contribution in [2.45, 2.75) is 12.8 Å². The summed E-state index contributed by atoms with van der Waals surface area (Å²) in [6, 6.07) is 14.1. The van der Waals surface area contributed by atoms with Crippen molar-refractivity contribution in [3.05, 3.63) is 104 Å². The molecule has 3 aromatic rings. The molecule has 30 heavy (non-hydrogen) atoms. The van der Waals surface area contributed by atoms with Gasteiger partial charge in [-0.25, -0.2) is 0 Å². The highest BCUT2D eigenvalue weighted by atomic mass is 35.5. The van der Waals surface area contributed by atoms with Crippen LogP contribution in [0.25, 0.3) is 11.8 Å². The number of nitrogens with zero attached hydrogens (tertiary/aromatic N) is 1. The molecule has 0 radical (unpaired) electrons. The van der Waals surface area contributed by atoms with E-state index < -0.39 is 0 Å². The normalized spacial score (nSPS) is 13.0. The van der Waals surface area contributed by atoms with Crippen molar-refractivity contribution in [3.63, 3.8) is 0 Å². The lowest BCUT2D eigenvalue weighted by molar-refractivity contribution is 0.103. The van der Waals surface area contributed by atoms with Gasteiger partial charge >= 0.3 is 0 Å². The van der Waals surface area contributed by atoms with Crippen LogP contribution in [0.3, 0.4) is 0 Å². The van der Waals surface area contributed by atoms with Crippen LogP contribution in [0, 0.1) is 0 Å². The highest BCUT2D eigenvalue weighted by molar-refractivity contribution is 6.44. The van der Waals surface area contributed by atoms with Gasteiger partial charge in [-0.3, -0.25) is 4.79 Å². The van der Waals surface area contributed by atoms with E-state index in [4.69, 9.17) is 39.5 Å². The Labute approximate surface area is 190 Å². The van der Waals surface area contributed by atoms with Crippen LogP contribution in [-0.4, -0.2) is 17.5 Å². The van der Waals surface area contributed by atoms with Crippen LogP contribution in [-0.2, 0) is 4.74 Å². The summed E-state index contributed by atoms with van der Waals surface area (Å²) in [5, 5.41) is 1.02. The molecular formula is C24H18Cl3NO2. The number of methoxy groups -OCH3 is 1. The number of aromatic nitrogens is 1. The van der Waals surface area contributed by atoms with Crippen molar-refractivity contribution < 1.29 is 9.53 Å². The van der Waals surface area contributed by atoms with Gasteiger partial charge in [0, 0.05) is 28.0 Å². The number of hydrogen-bond donors (Lipinski definition) is 0. The molecule has 0 N–H and O–H groups in total. The van der Waals surface area contributed by atoms with Crippen LogP contribution in [0.15, 0.2) is 72.1 Å². The van der Waals surface area contributed by atoms with Crippen molar-refractivity contribution in [3.8, 4) is 5.69 Å². The molecule has 2 aromatic carbocycles. The first-order valence-corrected chi connectivity index (χ1v) is 10.5. The number of carbonyl (C=O) groups is 1. The monoisotopic (exact) mass is 457 g/mol. The average molecular weight is 459 g/mol. The van der Waals surface area contributed by atoms with Gasteiger partial charge in [0.2, 0.25) is 0 Å². The summed E-state index contributed by atoms with van der Waals surface area (Å²) in [5.74, 6) is 0.641. The van der Waals surface area contributed by atoms with Crippen LogP contribution in [0.2, 0.25) is 15.1 Å². The molecule has 152 valence electrons. The summed E-state index contributed by atoms with van der Waals surface area (Å²) >= 11 is 18.6. The number of halogens is 3. The van der Waals surface area contributed by atoms with Gasteiger partial charge in [-0.2, -0.15) is 0 Å². The zero-order valence-electron chi connectivity index (χ0n) is 16.2. The number of hydrogen-bond acceptors (Lipinski definition) is 2. The number of ether oxygens (including phenoxy) is 1. The molecule has 1 aliphatic rings. The van der Waals surface area contributed by atoms with E-state index in [0.717, 1.165) is 24.3 Å². The molecule has 1 heterocycles. The second-order valence-corrected chi connectivity index (χ2v) is 8.12. The van der Waals surface area contributed by atoms with Crippen LogP contribution in [0.5, 0.6) is 0 Å². The Morgan fingerprint density at radius 2 is 1.83 bits per heavy atom. The molecule has 1 aromatic heterocycles. The molecule has 0 atom stereocenters. The van der Waals surface area contributed by atoms with Gasteiger partial charge < -0.3 is 9.30 Å². The Hall–Kier alpha value is -2.46. The predicted octanol–water partition coefficient (Wildman–Crippen LogP) is 7.38. The molecule has 6 heteroatoms. The number of benzene rings is 2. The molecule has 1 fully saturated rings. The zero-order valence-corrected chi connectivity index (χ0v) is 18.4.